The van der Waals surface area contributed by atoms with Gasteiger partial charge in [-0.05, 0) is 35.9 Å². The second-order valence-electron chi connectivity index (χ2n) is 4.98. The number of primary sulfonamides is 1. The van der Waals surface area contributed by atoms with E-state index < -0.39 is 21.7 Å². The molecule has 2 N–H and O–H groups in total. The molecule has 122 valence electrons. The van der Waals surface area contributed by atoms with Crippen LogP contribution in [0, 0.1) is 5.82 Å². The van der Waals surface area contributed by atoms with Crippen molar-refractivity contribution in [2.45, 2.75) is 11.4 Å². The Kier molecular flexibility index (Phi) is 5.03. The summed E-state index contributed by atoms with van der Waals surface area (Å²) in [5.41, 5.74) is 0.735. The Balaban J connectivity index is 2.26. The van der Waals surface area contributed by atoms with Gasteiger partial charge in [0, 0.05) is 19.2 Å². The number of carbonyl (C=O) groups is 1. The molecule has 0 aliphatic rings. The van der Waals surface area contributed by atoms with Gasteiger partial charge in [0.2, 0.25) is 10.0 Å². The molecule has 0 atom stereocenters. The summed E-state index contributed by atoms with van der Waals surface area (Å²) in [5.74, 6) is -0.831. The van der Waals surface area contributed by atoms with Crippen LogP contribution in [0.15, 0.2) is 47.4 Å². The normalized spacial score (nSPS) is 11.3. The van der Waals surface area contributed by atoms with E-state index in [1.165, 1.54) is 36.2 Å². The molecule has 0 aliphatic heterocycles. The van der Waals surface area contributed by atoms with Crippen molar-refractivity contribution in [2.75, 3.05) is 7.05 Å². The summed E-state index contributed by atoms with van der Waals surface area (Å²) in [6.07, 6.45) is 0. The molecule has 0 bridgehead atoms. The SMILES string of the molecule is CN(Cc1cccc(F)c1)C(=O)c1ccc(Cl)c(S(N)(=O)=O)c1. The van der Waals surface area contributed by atoms with Crippen molar-refractivity contribution in [1.29, 1.82) is 0 Å². The van der Waals surface area contributed by atoms with E-state index in [2.05, 4.69) is 0 Å². The quantitative estimate of drug-likeness (QED) is 0.913. The molecule has 5 nitrogen and oxygen atoms in total. The Labute approximate surface area is 138 Å². The van der Waals surface area contributed by atoms with Crippen molar-refractivity contribution in [1.82, 2.24) is 4.90 Å². The molecule has 0 aliphatic carbocycles. The average Bonchev–Trinajstić information content (AvgIpc) is 2.45. The minimum Gasteiger partial charge on any atom is -0.337 e. The fourth-order valence-electron chi connectivity index (χ4n) is 2.06. The van der Waals surface area contributed by atoms with Gasteiger partial charge in [-0.1, -0.05) is 23.7 Å². The predicted octanol–water partition coefficient (Wildman–Crippen LogP) is 2.40. The molecule has 0 aromatic heterocycles. The summed E-state index contributed by atoms with van der Waals surface area (Å²) in [6.45, 7) is 0.171. The number of rotatable bonds is 4. The van der Waals surface area contributed by atoms with E-state index in [-0.39, 0.29) is 22.0 Å². The fourth-order valence-corrected chi connectivity index (χ4v) is 3.13. The molecule has 0 spiro atoms. The Morgan fingerprint density at radius 1 is 1.26 bits per heavy atom. The monoisotopic (exact) mass is 356 g/mol. The number of nitrogens with two attached hydrogens (primary N) is 1. The summed E-state index contributed by atoms with van der Waals surface area (Å²) in [4.78, 5) is 13.4. The van der Waals surface area contributed by atoms with Gasteiger partial charge < -0.3 is 4.90 Å². The minimum atomic E-state index is -4.03. The molecule has 2 aromatic carbocycles. The van der Waals surface area contributed by atoms with Crippen LogP contribution >= 0.6 is 11.6 Å². The Bertz CT molecular complexity index is 856. The highest BCUT2D eigenvalue weighted by Gasteiger charge is 2.18. The predicted molar refractivity (Wildman–Crippen MR) is 85.0 cm³/mol. The fraction of sp³-hybridized carbons (Fsp3) is 0.133. The first-order valence-electron chi connectivity index (χ1n) is 6.51. The van der Waals surface area contributed by atoms with Crippen molar-refractivity contribution >= 4 is 27.5 Å². The van der Waals surface area contributed by atoms with Gasteiger partial charge in [0.15, 0.2) is 0 Å². The van der Waals surface area contributed by atoms with E-state index in [9.17, 15) is 17.6 Å². The second kappa shape index (κ2) is 6.66. The van der Waals surface area contributed by atoms with Crippen molar-refractivity contribution in [3.8, 4) is 0 Å². The van der Waals surface area contributed by atoms with Gasteiger partial charge in [0.25, 0.3) is 5.91 Å². The van der Waals surface area contributed by atoms with Gasteiger partial charge >= 0.3 is 0 Å². The number of sulfonamides is 1. The molecule has 0 fully saturated rings. The van der Waals surface area contributed by atoms with Gasteiger partial charge in [-0.15, -0.1) is 0 Å². The second-order valence-corrected chi connectivity index (χ2v) is 6.92. The van der Waals surface area contributed by atoms with E-state index in [0.29, 0.717) is 5.56 Å². The third-order valence-electron chi connectivity index (χ3n) is 3.14. The van der Waals surface area contributed by atoms with Gasteiger partial charge in [0.05, 0.1) is 5.02 Å². The average molecular weight is 357 g/mol. The van der Waals surface area contributed by atoms with E-state index in [4.69, 9.17) is 16.7 Å². The maximum absolute atomic E-state index is 13.2. The first-order chi connectivity index (χ1) is 10.7. The van der Waals surface area contributed by atoms with Crippen LogP contribution in [0.2, 0.25) is 5.02 Å². The van der Waals surface area contributed by atoms with Crippen LogP contribution in [-0.4, -0.2) is 26.3 Å². The van der Waals surface area contributed by atoms with Gasteiger partial charge in [-0.25, -0.2) is 17.9 Å². The number of amides is 1. The van der Waals surface area contributed by atoms with E-state index in [1.807, 2.05) is 0 Å². The zero-order valence-electron chi connectivity index (χ0n) is 12.2. The van der Waals surface area contributed by atoms with E-state index in [1.54, 1.807) is 12.1 Å². The van der Waals surface area contributed by atoms with Crippen LogP contribution in [0.5, 0.6) is 0 Å². The molecule has 0 saturated carbocycles. The summed E-state index contributed by atoms with van der Waals surface area (Å²) < 4.78 is 36.1. The largest absolute Gasteiger partial charge is 0.337 e. The highest BCUT2D eigenvalue weighted by molar-refractivity contribution is 7.89. The van der Waals surface area contributed by atoms with Crippen molar-refractivity contribution < 1.29 is 17.6 Å². The van der Waals surface area contributed by atoms with Gasteiger partial charge in [-0.2, -0.15) is 0 Å². The third-order valence-corrected chi connectivity index (χ3v) is 4.53. The minimum absolute atomic E-state index is 0.0585. The Hall–Kier alpha value is -1.96. The smallest absolute Gasteiger partial charge is 0.253 e. The number of hydrogen-bond acceptors (Lipinski definition) is 3. The molecule has 23 heavy (non-hydrogen) atoms. The number of halogens is 2. The van der Waals surface area contributed by atoms with Crippen molar-refractivity contribution in [2.24, 2.45) is 5.14 Å². The molecule has 0 saturated heterocycles. The molecule has 0 heterocycles. The summed E-state index contributed by atoms with van der Waals surface area (Å²) in [6, 6.07) is 9.69. The zero-order valence-corrected chi connectivity index (χ0v) is 13.7. The lowest BCUT2D eigenvalue weighted by Gasteiger charge is -2.18. The molecule has 0 unspecified atom stereocenters. The molecule has 0 radical (unpaired) electrons. The summed E-state index contributed by atoms with van der Waals surface area (Å²) >= 11 is 5.79. The molecular formula is C15H14ClFN2O3S. The number of carbonyl (C=O) groups excluding carboxylic acids is 1. The van der Waals surface area contributed by atoms with Crippen LogP contribution in [-0.2, 0) is 16.6 Å². The standard InChI is InChI=1S/C15H14ClFN2O3S/c1-19(9-10-3-2-4-12(17)7-10)15(20)11-5-6-13(16)14(8-11)23(18,21)22/h2-8H,9H2,1H3,(H2,18,21,22). The molecule has 2 aromatic rings. The van der Waals surface area contributed by atoms with Gasteiger partial charge in [-0.3, -0.25) is 4.79 Å². The Morgan fingerprint density at radius 2 is 1.96 bits per heavy atom. The van der Waals surface area contributed by atoms with Crippen LogP contribution in [0.3, 0.4) is 0 Å². The maximum atomic E-state index is 13.2. The molecular weight excluding hydrogens is 343 g/mol. The molecule has 1 amide bonds. The first kappa shape index (κ1) is 17.4. The summed E-state index contributed by atoms with van der Waals surface area (Å²) in [7, 11) is -2.51. The van der Waals surface area contributed by atoms with E-state index >= 15 is 0 Å². The lowest BCUT2D eigenvalue weighted by molar-refractivity contribution is 0.0784. The molecule has 8 heteroatoms. The van der Waals surface area contributed by atoms with E-state index in [0.717, 1.165) is 6.07 Å². The number of hydrogen-bond donors (Lipinski definition) is 1. The van der Waals surface area contributed by atoms with Crippen LogP contribution in [0.4, 0.5) is 4.39 Å². The summed E-state index contributed by atoms with van der Waals surface area (Å²) in [5, 5.41) is 5.01. The molecule has 2 rings (SSSR count). The maximum Gasteiger partial charge on any atom is 0.253 e. The Morgan fingerprint density at radius 3 is 2.57 bits per heavy atom. The lowest BCUT2D eigenvalue weighted by atomic mass is 10.1. The highest BCUT2D eigenvalue weighted by atomic mass is 35.5. The highest BCUT2D eigenvalue weighted by Crippen LogP contribution is 2.22. The van der Waals surface area contributed by atoms with Crippen LogP contribution in [0.25, 0.3) is 0 Å². The number of nitrogens with zero attached hydrogens (tertiary/aromatic N) is 1. The van der Waals surface area contributed by atoms with Crippen LogP contribution < -0.4 is 5.14 Å². The topological polar surface area (TPSA) is 80.5 Å². The van der Waals surface area contributed by atoms with Gasteiger partial charge in [0.1, 0.15) is 10.7 Å². The first-order valence-corrected chi connectivity index (χ1v) is 8.43. The number of benzene rings is 2. The van der Waals surface area contributed by atoms with Crippen LogP contribution in [0.1, 0.15) is 15.9 Å². The zero-order chi connectivity index (χ0) is 17.2. The van der Waals surface area contributed by atoms with Crippen molar-refractivity contribution in [3.63, 3.8) is 0 Å². The third kappa shape index (κ3) is 4.28. The lowest BCUT2D eigenvalue weighted by Crippen LogP contribution is -2.26. The van der Waals surface area contributed by atoms with Crippen molar-refractivity contribution in [3.05, 3.63) is 64.4 Å².